The van der Waals surface area contributed by atoms with E-state index in [2.05, 4.69) is 9.98 Å². The second-order valence-electron chi connectivity index (χ2n) is 3.75. The minimum atomic E-state index is -0.483. The molecule has 2 aromatic heterocycles. The van der Waals surface area contributed by atoms with Crippen LogP contribution >= 0.6 is 22.9 Å². The molecule has 0 unspecified atom stereocenters. The Labute approximate surface area is 118 Å². The molecule has 6 heteroatoms. The van der Waals surface area contributed by atoms with E-state index in [-0.39, 0.29) is 11.6 Å². The summed E-state index contributed by atoms with van der Waals surface area (Å²) in [6, 6.07) is 5.14. The summed E-state index contributed by atoms with van der Waals surface area (Å²) >= 11 is 7.41. The Bertz CT molecular complexity index is 692. The van der Waals surface area contributed by atoms with Gasteiger partial charge in [0.2, 0.25) is 5.90 Å². The summed E-state index contributed by atoms with van der Waals surface area (Å²) in [6.45, 7) is 0. The van der Waals surface area contributed by atoms with Gasteiger partial charge in [-0.2, -0.15) is 11.3 Å². The van der Waals surface area contributed by atoms with Crippen LogP contribution in [0.4, 0.5) is 0 Å². The van der Waals surface area contributed by atoms with E-state index in [4.69, 9.17) is 16.3 Å². The van der Waals surface area contributed by atoms with E-state index in [0.29, 0.717) is 10.7 Å². The van der Waals surface area contributed by atoms with Crippen LogP contribution in [0.5, 0.6) is 0 Å². The van der Waals surface area contributed by atoms with Gasteiger partial charge < -0.3 is 4.74 Å². The summed E-state index contributed by atoms with van der Waals surface area (Å²) in [7, 11) is 0. The molecule has 0 radical (unpaired) electrons. The topological polar surface area (TPSA) is 51.5 Å². The number of thiophene rings is 1. The van der Waals surface area contributed by atoms with Crippen molar-refractivity contribution in [2.24, 2.45) is 4.99 Å². The molecule has 4 nitrogen and oxygen atoms in total. The summed E-state index contributed by atoms with van der Waals surface area (Å²) in [5.74, 6) is -0.308. The normalized spacial score (nSPS) is 16.6. The third-order valence-electron chi connectivity index (χ3n) is 2.41. The largest absolute Gasteiger partial charge is 0.400 e. The van der Waals surface area contributed by atoms with Crippen LogP contribution in [-0.4, -0.2) is 16.9 Å². The predicted octanol–water partition coefficient (Wildman–Crippen LogP) is 3.14. The van der Waals surface area contributed by atoms with Crippen LogP contribution in [-0.2, 0) is 9.53 Å². The van der Waals surface area contributed by atoms with Gasteiger partial charge in [-0.05, 0) is 40.6 Å². The minimum absolute atomic E-state index is 0.175. The van der Waals surface area contributed by atoms with E-state index >= 15 is 0 Å². The number of ether oxygens (including phenoxy) is 1. The maximum atomic E-state index is 11.7. The van der Waals surface area contributed by atoms with Crippen molar-refractivity contribution in [2.75, 3.05) is 0 Å². The third-order valence-corrected chi connectivity index (χ3v) is 3.34. The molecule has 0 N–H and O–H groups in total. The van der Waals surface area contributed by atoms with Gasteiger partial charge in [0.25, 0.3) is 0 Å². The van der Waals surface area contributed by atoms with E-state index in [1.807, 2.05) is 16.8 Å². The van der Waals surface area contributed by atoms with Crippen LogP contribution in [0.25, 0.3) is 6.08 Å². The van der Waals surface area contributed by atoms with Crippen LogP contribution in [0.1, 0.15) is 11.3 Å². The first-order valence-electron chi connectivity index (χ1n) is 5.39. The number of aromatic nitrogens is 1. The predicted molar refractivity (Wildman–Crippen MR) is 74.2 cm³/mol. The zero-order chi connectivity index (χ0) is 13.2. The van der Waals surface area contributed by atoms with E-state index in [1.54, 1.807) is 29.5 Å². The maximum absolute atomic E-state index is 11.7. The lowest BCUT2D eigenvalue weighted by Gasteiger charge is -1.97. The third kappa shape index (κ3) is 2.57. The quantitative estimate of drug-likeness (QED) is 0.631. The van der Waals surface area contributed by atoms with Gasteiger partial charge in [0.05, 0.1) is 0 Å². The molecule has 0 fully saturated rings. The molecular weight excluding hydrogens is 284 g/mol. The number of carbonyl (C=O) groups excluding carboxylic acids is 1. The zero-order valence-electron chi connectivity index (χ0n) is 9.54. The fourth-order valence-electron chi connectivity index (χ4n) is 1.56. The molecule has 0 aromatic carbocycles. The molecule has 3 heterocycles. The SMILES string of the molecule is O=C1OC(c2cc(Cl)ccn2)=N/C1=C\c1ccsc1. The summed E-state index contributed by atoms with van der Waals surface area (Å²) in [5.41, 5.74) is 1.62. The molecule has 19 heavy (non-hydrogen) atoms. The second kappa shape index (κ2) is 4.95. The van der Waals surface area contributed by atoms with Crippen molar-refractivity contribution in [3.05, 3.63) is 57.1 Å². The molecule has 0 spiro atoms. The molecule has 1 aliphatic heterocycles. The lowest BCUT2D eigenvalue weighted by atomic mass is 10.3. The zero-order valence-corrected chi connectivity index (χ0v) is 11.1. The number of halogens is 1. The van der Waals surface area contributed by atoms with Crippen LogP contribution in [0.3, 0.4) is 0 Å². The standard InChI is InChI=1S/C13H7ClN2O2S/c14-9-1-3-15-10(6-9)12-16-11(13(17)18-12)5-8-2-4-19-7-8/h1-7H/b11-5-. The van der Waals surface area contributed by atoms with Gasteiger partial charge in [-0.25, -0.2) is 9.79 Å². The Balaban J connectivity index is 1.95. The van der Waals surface area contributed by atoms with Crippen molar-refractivity contribution in [1.29, 1.82) is 0 Å². The molecule has 0 aliphatic carbocycles. The van der Waals surface area contributed by atoms with Crippen molar-refractivity contribution in [3.8, 4) is 0 Å². The van der Waals surface area contributed by atoms with Gasteiger partial charge in [-0.1, -0.05) is 11.6 Å². The van der Waals surface area contributed by atoms with Gasteiger partial charge in [-0.15, -0.1) is 0 Å². The number of cyclic esters (lactones) is 1. The number of pyridine rings is 1. The van der Waals surface area contributed by atoms with Crippen molar-refractivity contribution in [1.82, 2.24) is 4.98 Å². The molecule has 0 bridgehead atoms. The highest BCUT2D eigenvalue weighted by Gasteiger charge is 2.25. The molecule has 3 rings (SSSR count). The van der Waals surface area contributed by atoms with Gasteiger partial charge in [-0.3, -0.25) is 4.98 Å². The highest BCUT2D eigenvalue weighted by molar-refractivity contribution is 7.08. The molecule has 0 saturated carbocycles. The molecular formula is C13H7ClN2O2S. The van der Waals surface area contributed by atoms with Crippen LogP contribution in [0.15, 0.2) is 45.8 Å². The van der Waals surface area contributed by atoms with Crippen LogP contribution < -0.4 is 0 Å². The number of carbonyl (C=O) groups is 1. The molecule has 0 amide bonds. The van der Waals surface area contributed by atoms with Crippen molar-refractivity contribution < 1.29 is 9.53 Å². The Hall–Kier alpha value is -1.98. The summed E-state index contributed by atoms with van der Waals surface area (Å²) in [4.78, 5) is 19.9. The van der Waals surface area contributed by atoms with E-state index in [1.165, 1.54) is 6.20 Å². The maximum Gasteiger partial charge on any atom is 0.363 e. The van der Waals surface area contributed by atoms with Crippen molar-refractivity contribution >= 4 is 40.9 Å². The van der Waals surface area contributed by atoms with Crippen molar-refractivity contribution in [3.63, 3.8) is 0 Å². The minimum Gasteiger partial charge on any atom is -0.400 e. The summed E-state index contributed by atoms with van der Waals surface area (Å²) in [6.07, 6.45) is 3.21. The van der Waals surface area contributed by atoms with Gasteiger partial charge in [0.1, 0.15) is 5.69 Å². The van der Waals surface area contributed by atoms with Gasteiger partial charge in [0.15, 0.2) is 5.70 Å². The number of hydrogen-bond donors (Lipinski definition) is 0. The molecule has 0 atom stereocenters. The Kier molecular flexibility index (Phi) is 3.15. The fraction of sp³-hybridized carbons (Fsp3) is 0. The number of esters is 1. The van der Waals surface area contributed by atoms with Crippen molar-refractivity contribution in [2.45, 2.75) is 0 Å². The number of aliphatic imine (C=N–C) groups is 1. The molecule has 94 valence electrons. The first-order valence-corrected chi connectivity index (χ1v) is 6.71. The molecule has 1 aliphatic rings. The summed E-state index contributed by atoms with van der Waals surface area (Å²) < 4.78 is 5.09. The van der Waals surface area contributed by atoms with E-state index < -0.39 is 5.97 Å². The Morgan fingerprint density at radius 1 is 1.37 bits per heavy atom. The molecule has 2 aromatic rings. The lowest BCUT2D eigenvalue weighted by molar-refractivity contribution is -0.129. The smallest absolute Gasteiger partial charge is 0.363 e. The highest BCUT2D eigenvalue weighted by atomic mass is 35.5. The van der Waals surface area contributed by atoms with E-state index in [0.717, 1.165) is 5.56 Å². The summed E-state index contributed by atoms with van der Waals surface area (Å²) in [5, 5.41) is 4.36. The number of nitrogens with zero attached hydrogens (tertiary/aromatic N) is 2. The van der Waals surface area contributed by atoms with E-state index in [9.17, 15) is 4.79 Å². The lowest BCUT2D eigenvalue weighted by Crippen LogP contribution is -2.06. The van der Waals surface area contributed by atoms with Gasteiger partial charge >= 0.3 is 5.97 Å². The molecule has 0 saturated heterocycles. The highest BCUT2D eigenvalue weighted by Crippen LogP contribution is 2.20. The Morgan fingerprint density at radius 3 is 3.00 bits per heavy atom. The fourth-order valence-corrected chi connectivity index (χ4v) is 2.33. The van der Waals surface area contributed by atoms with Crippen LogP contribution in [0.2, 0.25) is 5.02 Å². The first-order chi connectivity index (χ1) is 9.22. The second-order valence-corrected chi connectivity index (χ2v) is 4.97. The monoisotopic (exact) mass is 290 g/mol. The van der Waals surface area contributed by atoms with Crippen LogP contribution in [0, 0.1) is 0 Å². The van der Waals surface area contributed by atoms with Gasteiger partial charge in [0, 0.05) is 11.2 Å². The number of hydrogen-bond acceptors (Lipinski definition) is 5. The first kappa shape index (κ1) is 12.1. The average molecular weight is 291 g/mol. The average Bonchev–Trinajstić information content (AvgIpc) is 3.01. The Morgan fingerprint density at radius 2 is 2.26 bits per heavy atom. The number of rotatable bonds is 2.